The smallest absolute Gasteiger partial charge is 0.231 e. The Morgan fingerprint density at radius 1 is 1.30 bits per heavy atom. The average Bonchev–Trinajstić information content (AvgIpc) is 3.07. The number of hydrogen-bond acceptors (Lipinski definition) is 4. The Hall–Kier alpha value is -1.04. The first kappa shape index (κ1) is 13.9. The van der Waals surface area contributed by atoms with Crippen LogP contribution in [0.2, 0.25) is 0 Å². The molecular formula is C15H15BrO3S. The molecule has 1 atom stereocenters. The minimum atomic E-state index is -0.538. The Balaban J connectivity index is 1.80. The van der Waals surface area contributed by atoms with E-state index in [-0.39, 0.29) is 6.79 Å². The molecule has 3 rings (SSSR count). The molecule has 0 fully saturated rings. The number of benzene rings is 1. The Morgan fingerprint density at radius 2 is 2.10 bits per heavy atom. The van der Waals surface area contributed by atoms with Gasteiger partial charge in [-0.15, -0.1) is 11.3 Å². The third-order valence-electron chi connectivity index (χ3n) is 3.29. The molecule has 0 amide bonds. The van der Waals surface area contributed by atoms with Gasteiger partial charge in [0, 0.05) is 16.2 Å². The Bertz CT molecular complexity index is 624. The zero-order valence-electron chi connectivity index (χ0n) is 11.1. The van der Waals surface area contributed by atoms with Gasteiger partial charge in [-0.2, -0.15) is 0 Å². The number of thiophene rings is 1. The summed E-state index contributed by atoms with van der Waals surface area (Å²) >= 11 is 5.21. The second kappa shape index (κ2) is 5.76. The molecule has 1 unspecified atom stereocenters. The van der Waals surface area contributed by atoms with Crippen molar-refractivity contribution in [3.63, 3.8) is 0 Å². The highest BCUT2D eigenvalue weighted by atomic mass is 79.9. The van der Waals surface area contributed by atoms with E-state index in [0.717, 1.165) is 16.5 Å². The second-order valence-electron chi connectivity index (χ2n) is 4.68. The Morgan fingerprint density at radius 3 is 2.85 bits per heavy atom. The van der Waals surface area contributed by atoms with E-state index in [0.29, 0.717) is 17.9 Å². The van der Waals surface area contributed by atoms with Gasteiger partial charge in [0.25, 0.3) is 0 Å². The van der Waals surface area contributed by atoms with Gasteiger partial charge in [-0.3, -0.25) is 0 Å². The SMILES string of the molecule is CCc1ccc(CC(O)c2cc(Br)c3c(c2)OCO3)s1. The van der Waals surface area contributed by atoms with Gasteiger partial charge in [0.2, 0.25) is 6.79 Å². The summed E-state index contributed by atoms with van der Waals surface area (Å²) in [4.78, 5) is 2.54. The quantitative estimate of drug-likeness (QED) is 0.898. The largest absolute Gasteiger partial charge is 0.454 e. The number of hydrogen-bond donors (Lipinski definition) is 1. The van der Waals surface area contributed by atoms with Gasteiger partial charge in [0.1, 0.15) is 0 Å². The highest BCUT2D eigenvalue weighted by Crippen LogP contribution is 2.41. The highest BCUT2D eigenvalue weighted by Gasteiger charge is 2.21. The molecule has 3 nitrogen and oxygen atoms in total. The summed E-state index contributed by atoms with van der Waals surface area (Å²) in [6.45, 7) is 2.37. The predicted octanol–water partition coefficient (Wildman–Crippen LogP) is 4.08. The van der Waals surface area contributed by atoms with E-state index in [4.69, 9.17) is 9.47 Å². The average molecular weight is 355 g/mol. The first-order chi connectivity index (χ1) is 9.67. The molecule has 0 saturated carbocycles. The molecule has 2 aromatic rings. The molecule has 1 aromatic carbocycles. The fourth-order valence-corrected chi connectivity index (χ4v) is 3.78. The summed E-state index contributed by atoms with van der Waals surface area (Å²) in [5.74, 6) is 1.40. The van der Waals surface area contributed by atoms with Crippen LogP contribution in [0.3, 0.4) is 0 Å². The summed E-state index contributed by atoms with van der Waals surface area (Å²) in [6, 6.07) is 7.97. The fraction of sp³-hybridized carbons (Fsp3) is 0.333. The van der Waals surface area contributed by atoms with E-state index in [1.807, 2.05) is 12.1 Å². The Labute approximate surface area is 130 Å². The lowest BCUT2D eigenvalue weighted by Gasteiger charge is -2.11. The number of aryl methyl sites for hydroxylation is 1. The molecule has 106 valence electrons. The molecule has 0 radical (unpaired) electrons. The lowest BCUT2D eigenvalue weighted by Crippen LogP contribution is -2.00. The third kappa shape index (κ3) is 2.71. The lowest BCUT2D eigenvalue weighted by molar-refractivity contribution is 0.171. The summed E-state index contributed by atoms with van der Waals surface area (Å²) < 4.78 is 11.6. The maximum absolute atomic E-state index is 10.4. The van der Waals surface area contributed by atoms with E-state index in [1.54, 1.807) is 11.3 Å². The molecule has 0 bridgehead atoms. The zero-order valence-corrected chi connectivity index (χ0v) is 13.5. The van der Waals surface area contributed by atoms with Gasteiger partial charge >= 0.3 is 0 Å². The first-order valence-corrected chi connectivity index (χ1v) is 8.13. The van der Waals surface area contributed by atoms with Crippen molar-refractivity contribution >= 4 is 27.3 Å². The van der Waals surface area contributed by atoms with E-state index < -0.39 is 6.10 Å². The van der Waals surface area contributed by atoms with Crippen molar-refractivity contribution in [1.29, 1.82) is 0 Å². The van der Waals surface area contributed by atoms with Gasteiger partial charge in [-0.05, 0) is 52.2 Å². The van der Waals surface area contributed by atoms with Crippen molar-refractivity contribution in [2.75, 3.05) is 6.79 Å². The van der Waals surface area contributed by atoms with Crippen molar-refractivity contribution in [3.8, 4) is 11.5 Å². The molecule has 20 heavy (non-hydrogen) atoms. The molecule has 0 saturated heterocycles. The van der Waals surface area contributed by atoms with Crippen molar-refractivity contribution in [3.05, 3.63) is 44.1 Å². The van der Waals surface area contributed by atoms with Crippen LogP contribution >= 0.6 is 27.3 Å². The van der Waals surface area contributed by atoms with Crippen LogP contribution in [0.25, 0.3) is 0 Å². The van der Waals surface area contributed by atoms with Crippen LogP contribution in [-0.4, -0.2) is 11.9 Å². The topological polar surface area (TPSA) is 38.7 Å². The first-order valence-electron chi connectivity index (χ1n) is 6.52. The molecule has 1 N–H and O–H groups in total. The number of fused-ring (bicyclic) bond motifs is 1. The molecule has 0 aliphatic carbocycles. The van der Waals surface area contributed by atoms with Crippen LogP contribution < -0.4 is 9.47 Å². The summed E-state index contributed by atoms with van der Waals surface area (Å²) in [5, 5.41) is 10.4. The molecule has 1 aliphatic rings. The van der Waals surface area contributed by atoms with Crippen molar-refractivity contribution < 1.29 is 14.6 Å². The van der Waals surface area contributed by atoms with Gasteiger partial charge in [0.15, 0.2) is 11.5 Å². The number of aliphatic hydroxyl groups is 1. The number of aliphatic hydroxyl groups excluding tert-OH is 1. The van der Waals surface area contributed by atoms with Gasteiger partial charge in [-0.25, -0.2) is 0 Å². The molecule has 2 heterocycles. The van der Waals surface area contributed by atoms with Crippen LogP contribution in [0, 0.1) is 0 Å². The van der Waals surface area contributed by atoms with Crippen LogP contribution in [0.1, 0.15) is 28.3 Å². The fourth-order valence-electron chi connectivity index (χ4n) is 2.21. The van der Waals surface area contributed by atoms with Gasteiger partial charge in [-0.1, -0.05) is 6.92 Å². The normalized spacial score (nSPS) is 14.6. The zero-order chi connectivity index (χ0) is 14.1. The van der Waals surface area contributed by atoms with Crippen LogP contribution in [-0.2, 0) is 12.8 Å². The molecule has 5 heteroatoms. The number of rotatable bonds is 4. The molecule has 1 aromatic heterocycles. The summed E-state index contributed by atoms with van der Waals surface area (Å²) in [5.41, 5.74) is 0.840. The van der Waals surface area contributed by atoms with Crippen molar-refractivity contribution in [1.82, 2.24) is 0 Å². The lowest BCUT2D eigenvalue weighted by atomic mass is 10.1. The van der Waals surface area contributed by atoms with E-state index in [2.05, 4.69) is 35.0 Å². The van der Waals surface area contributed by atoms with Gasteiger partial charge < -0.3 is 14.6 Å². The molecule has 0 spiro atoms. The van der Waals surface area contributed by atoms with E-state index >= 15 is 0 Å². The number of halogens is 1. The van der Waals surface area contributed by atoms with Crippen LogP contribution in [0.4, 0.5) is 0 Å². The summed E-state index contributed by atoms with van der Waals surface area (Å²) in [7, 11) is 0. The van der Waals surface area contributed by atoms with Crippen LogP contribution in [0.5, 0.6) is 11.5 Å². The highest BCUT2D eigenvalue weighted by molar-refractivity contribution is 9.10. The molecule has 1 aliphatic heterocycles. The van der Waals surface area contributed by atoms with Crippen LogP contribution in [0.15, 0.2) is 28.7 Å². The third-order valence-corrected chi connectivity index (χ3v) is 5.14. The van der Waals surface area contributed by atoms with E-state index in [9.17, 15) is 5.11 Å². The number of ether oxygens (including phenoxy) is 2. The second-order valence-corrected chi connectivity index (χ2v) is 6.79. The summed E-state index contributed by atoms with van der Waals surface area (Å²) in [6.07, 6.45) is 1.12. The minimum Gasteiger partial charge on any atom is -0.454 e. The Kier molecular flexibility index (Phi) is 4.01. The van der Waals surface area contributed by atoms with E-state index in [1.165, 1.54) is 9.75 Å². The molecular weight excluding hydrogens is 340 g/mol. The maximum atomic E-state index is 10.4. The van der Waals surface area contributed by atoms with Gasteiger partial charge in [0.05, 0.1) is 10.6 Å². The maximum Gasteiger partial charge on any atom is 0.231 e. The standard InChI is InChI=1S/C15H15BrO3S/c1-2-10-3-4-11(20-10)7-13(17)9-5-12(16)15-14(6-9)18-8-19-15/h3-6,13,17H,2,7-8H2,1H3. The minimum absolute atomic E-state index is 0.234. The monoisotopic (exact) mass is 354 g/mol. The predicted molar refractivity (Wildman–Crippen MR) is 82.6 cm³/mol. The van der Waals surface area contributed by atoms with Crippen molar-refractivity contribution in [2.24, 2.45) is 0 Å². The van der Waals surface area contributed by atoms with Crippen molar-refractivity contribution in [2.45, 2.75) is 25.9 Å².